The molecular weight excluding hydrogens is 318 g/mol. The maximum absolute atomic E-state index is 12.5. The van der Waals surface area contributed by atoms with Crippen molar-refractivity contribution in [3.8, 4) is 0 Å². The number of nitrogens with zero attached hydrogens (tertiary/aromatic N) is 2. The van der Waals surface area contributed by atoms with Gasteiger partial charge in [-0.1, -0.05) is 18.2 Å². The van der Waals surface area contributed by atoms with Crippen molar-refractivity contribution in [2.45, 2.75) is 25.3 Å². The van der Waals surface area contributed by atoms with Gasteiger partial charge in [-0.2, -0.15) is 5.10 Å². The Balaban J connectivity index is 2.36. The van der Waals surface area contributed by atoms with E-state index in [0.29, 0.717) is 17.0 Å². The number of aromatic nitrogens is 2. The van der Waals surface area contributed by atoms with Gasteiger partial charge in [-0.15, -0.1) is 0 Å². The van der Waals surface area contributed by atoms with Crippen molar-refractivity contribution in [1.29, 1.82) is 0 Å². The summed E-state index contributed by atoms with van der Waals surface area (Å²) < 4.78 is 33.7. The normalized spacial score (nSPS) is 11.5. The largest absolute Gasteiger partial charge is 0.380 e. The SMILES string of the molecule is COCc1ccccc1C(=O)NS(=O)(=O)c1c(C)nn(C)c1C. The fraction of sp³-hybridized carbons (Fsp3) is 0.333. The minimum Gasteiger partial charge on any atom is -0.380 e. The summed E-state index contributed by atoms with van der Waals surface area (Å²) in [5.74, 6) is -0.694. The Kier molecular flexibility index (Phi) is 4.86. The average Bonchev–Trinajstić information content (AvgIpc) is 2.73. The van der Waals surface area contributed by atoms with Crippen molar-refractivity contribution in [3.05, 3.63) is 46.8 Å². The summed E-state index contributed by atoms with van der Waals surface area (Å²) in [6.07, 6.45) is 0. The zero-order valence-electron chi connectivity index (χ0n) is 13.5. The van der Waals surface area contributed by atoms with Crippen LogP contribution in [0, 0.1) is 13.8 Å². The molecule has 7 nitrogen and oxygen atoms in total. The van der Waals surface area contributed by atoms with Gasteiger partial charge in [-0.3, -0.25) is 9.48 Å². The van der Waals surface area contributed by atoms with Crippen LogP contribution in [0.5, 0.6) is 0 Å². The molecule has 1 aromatic carbocycles. The lowest BCUT2D eigenvalue weighted by molar-refractivity contribution is 0.0976. The third-order valence-electron chi connectivity index (χ3n) is 3.50. The molecular formula is C15H19N3O4S. The fourth-order valence-corrected chi connectivity index (χ4v) is 3.80. The van der Waals surface area contributed by atoms with Crippen molar-refractivity contribution >= 4 is 15.9 Å². The molecule has 23 heavy (non-hydrogen) atoms. The van der Waals surface area contributed by atoms with Gasteiger partial charge in [0, 0.05) is 19.7 Å². The van der Waals surface area contributed by atoms with E-state index in [1.807, 2.05) is 0 Å². The molecule has 0 saturated carbocycles. The van der Waals surface area contributed by atoms with Crippen LogP contribution in [0.2, 0.25) is 0 Å². The highest BCUT2D eigenvalue weighted by atomic mass is 32.2. The van der Waals surface area contributed by atoms with Crippen molar-refractivity contribution in [1.82, 2.24) is 14.5 Å². The molecule has 2 rings (SSSR count). The van der Waals surface area contributed by atoms with E-state index in [9.17, 15) is 13.2 Å². The number of amides is 1. The van der Waals surface area contributed by atoms with Crippen molar-refractivity contribution in [2.24, 2.45) is 7.05 Å². The molecule has 1 heterocycles. The Labute approximate surface area is 135 Å². The molecule has 0 aliphatic rings. The Bertz CT molecular complexity index is 840. The van der Waals surface area contributed by atoms with E-state index >= 15 is 0 Å². The van der Waals surface area contributed by atoms with Gasteiger partial charge < -0.3 is 4.74 Å². The summed E-state index contributed by atoms with van der Waals surface area (Å²) in [5, 5.41) is 4.07. The first kappa shape index (κ1) is 17.2. The number of carbonyl (C=O) groups excluding carboxylic acids is 1. The van der Waals surface area contributed by atoms with Gasteiger partial charge in [-0.25, -0.2) is 13.1 Å². The second-order valence-electron chi connectivity index (χ2n) is 5.15. The predicted octanol–water partition coefficient (Wildman–Crippen LogP) is 1.30. The summed E-state index contributed by atoms with van der Waals surface area (Å²) in [4.78, 5) is 12.4. The highest BCUT2D eigenvalue weighted by Gasteiger charge is 2.26. The van der Waals surface area contributed by atoms with E-state index in [0.717, 1.165) is 0 Å². The van der Waals surface area contributed by atoms with E-state index in [4.69, 9.17) is 4.74 Å². The van der Waals surface area contributed by atoms with Gasteiger partial charge in [-0.05, 0) is 25.5 Å². The Morgan fingerprint density at radius 1 is 1.30 bits per heavy atom. The number of aryl methyl sites for hydroxylation is 2. The summed E-state index contributed by atoms with van der Waals surface area (Å²) in [6.45, 7) is 3.44. The van der Waals surface area contributed by atoms with Crippen LogP contribution in [0.25, 0.3) is 0 Å². The van der Waals surface area contributed by atoms with Crippen LogP contribution in [-0.4, -0.2) is 31.2 Å². The smallest absolute Gasteiger partial charge is 0.267 e. The number of benzene rings is 1. The van der Waals surface area contributed by atoms with E-state index in [1.165, 1.54) is 11.8 Å². The zero-order chi connectivity index (χ0) is 17.2. The summed E-state index contributed by atoms with van der Waals surface area (Å²) in [7, 11) is -0.846. The molecule has 0 saturated heterocycles. The lowest BCUT2D eigenvalue weighted by Crippen LogP contribution is -2.32. The van der Waals surface area contributed by atoms with E-state index in [1.54, 1.807) is 45.2 Å². The second kappa shape index (κ2) is 6.51. The number of hydrogen-bond donors (Lipinski definition) is 1. The Morgan fingerprint density at radius 2 is 1.96 bits per heavy atom. The van der Waals surface area contributed by atoms with Gasteiger partial charge >= 0.3 is 0 Å². The van der Waals surface area contributed by atoms with Crippen molar-refractivity contribution in [2.75, 3.05) is 7.11 Å². The number of ether oxygens (including phenoxy) is 1. The first-order valence-corrected chi connectivity index (χ1v) is 8.40. The molecule has 0 radical (unpaired) electrons. The Hall–Kier alpha value is -2.19. The van der Waals surface area contributed by atoms with Gasteiger partial charge in [0.2, 0.25) is 0 Å². The van der Waals surface area contributed by atoms with E-state index in [2.05, 4.69) is 9.82 Å². The molecule has 124 valence electrons. The van der Waals surface area contributed by atoms with Crippen LogP contribution in [0.1, 0.15) is 27.3 Å². The standard InChI is InChI=1S/C15H19N3O4S/c1-10-14(11(2)18(3)16-10)23(20,21)17-15(19)13-8-6-5-7-12(13)9-22-4/h5-8H,9H2,1-4H3,(H,17,19). The van der Waals surface area contributed by atoms with Crippen LogP contribution < -0.4 is 4.72 Å². The molecule has 0 spiro atoms. The summed E-state index contributed by atoms with van der Waals surface area (Å²) >= 11 is 0. The quantitative estimate of drug-likeness (QED) is 0.888. The number of rotatable bonds is 5. The zero-order valence-corrected chi connectivity index (χ0v) is 14.3. The van der Waals surface area contributed by atoms with Crippen molar-refractivity contribution in [3.63, 3.8) is 0 Å². The topological polar surface area (TPSA) is 90.3 Å². The second-order valence-corrected chi connectivity index (χ2v) is 6.77. The summed E-state index contributed by atoms with van der Waals surface area (Å²) in [6, 6.07) is 6.70. The highest BCUT2D eigenvalue weighted by molar-refractivity contribution is 7.90. The Morgan fingerprint density at radius 3 is 2.52 bits per heavy atom. The third-order valence-corrected chi connectivity index (χ3v) is 5.08. The third kappa shape index (κ3) is 3.43. The van der Waals surface area contributed by atoms with Crippen LogP contribution in [0.3, 0.4) is 0 Å². The highest BCUT2D eigenvalue weighted by Crippen LogP contribution is 2.19. The minimum atomic E-state index is -4.00. The van der Waals surface area contributed by atoms with Crippen molar-refractivity contribution < 1.29 is 17.9 Å². The molecule has 1 N–H and O–H groups in total. The maximum Gasteiger partial charge on any atom is 0.267 e. The molecule has 0 atom stereocenters. The molecule has 0 aliphatic carbocycles. The summed E-state index contributed by atoms with van der Waals surface area (Å²) in [5.41, 5.74) is 1.68. The van der Waals surface area contributed by atoms with Gasteiger partial charge in [0.05, 0.1) is 18.0 Å². The molecule has 1 aromatic heterocycles. The predicted molar refractivity (Wildman–Crippen MR) is 84.5 cm³/mol. The molecule has 1 amide bonds. The molecule has 0 fully saturated rings. The molecule has 0 aliphatic heterocycles. The van der Waals surface area contributed by atoms with Crippen LogP contribution >= 0.6 is 0 Å². The molecule has 0 bridgehead atoms. The lowest BCUT2D eigenvalue weighted by Gasteiger charge is -2.10. The van der Waals surface area contributed by atoms with Crippen LogP contribution in [0.4, 0.5) is 0 Å². The van der Waals surface area contributed by atoms with E-state index in [-0.39, 0.29) is 17.1 Å². The molecule has 8 heteroatoms. The molecule has 2 aromatic rings. The van der Waals surface area contributed by atoms with Crippen LogP contribution in [-0.2, 0) is 28.4 Å². The fourth-order valence-electron chi connectivity index (χ4n) is 2.39. The first-order valence-electron chi connectivity index (χ1n) is 6.92. The van der Waals surface area contributed by atoms with E-state index < -0.39 is 15.9 Å². The van der Waals surface area contributed by atoms with Crippen LogP contribution in [0.15, 0.2) is 29.2 Å². The maximum atomic E-state index is 12.5. The van der Waals surface area contributed by atoms with Gasteiger partial charge in [0.1, 0.15) is 4.90 Å². The first-order chi connectivity index (χ1) is 10.8. The molecule has 0 unspecified atom stereocenters. The number of sulfonamides is 1. The van der Waals surface area contributed by atoms with Gasteiger partial charge in [0.15, 0.2) is 0 Å². The lowest BCUT2D eigenvalue weighted by atomic mass is 10.1. The number of nitrogens with one attached hydrogen (secondary N) is 1. The minimum absolute atomic E-state index is 0.0255. The monoisotopic (exact) mass is 337 g/mol. The average molecular weight is 337 g/mol. The number of carbonyl (C=O) groups is 1. The number of hydrogen-bond acceptors (Lipinski definition) is 5. The number of methoxy groups -OCH3 is 1. The van der Waals surface area contributed by atoms with Gasteiger partial charge in [0.25, 0.3) is 15.9 Å².